The first-order chi connectivity index (χ1) is 73.4. The molecule has 0 fully saturated rings. The molecule has 6 aromatic heterocycles. The lowest BCUT2D eigenvalue weighted by atomic mass is 9.92. The molecule has 688 valence electrons. The second kappa shape index (κ2) is 34.0. The van der Waals surface area contributed by atoms with Crippen LogP contribution in [-0.4, -0.2) is 27.4 Å². The van der Waals surface area contributed by atoms with Crippen LogP contribution in [0, 0.1) is 0 Å². The van der Waals surface area contributed by atoms with Gasteiger partial charge in [-0.2, -0.15) is 0 Å². The molecule has 0 bridgehead atoms. The van der Waals surface area contributed by atoms with Crippen LogP contribution in [0.15, 0.2) is 546 Å². The van der Waals surface area contributed by atoms with E-state index < -0.39 is 0 Å². The molecule has 0 aliphatic rings. The van der Waals surface area contributed by atoms with Gasteiger partial charge in [-0.25, -0.2) is 0 Å². The Labute approximate surface area is 852 Å². The third kappa shape index (κ3) is 13.4. The van der Waals surface area contributed by atoms with Gasteiger partial charge in [-0.05, 0) is 297 Å². The Kier molecular flexibility index (Phi) is 19.3. The van der Waals surface area contributed by atoms with E-state index in [4.69, 9.17) is 0 Å². The summed E-state index contributed by atoms with van der Waals surface area (Å²) >= 11 is 0. The first-order valence-corrected chi connectivity index (χ1v) is 51.1. The molecule has 0 radical (unpaired) electrons. The van der Waals surface area contributed by atoms with E-state index in [1.807, 2.05) is 0 Å². The molecule has 6 heteroatoms. The van der Waals surface area contributed by atoms with Crippen molar-refractivity contribution in [2.24, 2.45) is 0 Å². The zero-order valence-corrected chi connectivity index (χ0v) is 80.6. The topological polar surface area (TPSA) is 29.6 Å². The van der Waals surface area contributed by atoms with Crippen LogP contribution in [0.1, 0.15) is 0 Å². The maximum atomic E-state index is 2.46. The lowest BCUT2D eigenvalue weighted by Crippen LogP contribution is -1.95. The van der Waals surface area contributed by atoms with Gasteiger partial charge in [0.2, 0.25) is 0 Å². The molecular formula is C142H90N6. The quantitative estimate of drug-likeness (QED) is 0.122. The summed E-state index contributed by atoms with van der Waals surface area (Å²) < 4.78 is 14.5. The molecule has 0 amide bonds. The van der Waals surface area contributed by atoms with Crippen molar-refractivity contribution in [1.82, 2.24) is 27.4 Å². The molecular weight excluding hydrogens is 1790 g/mol. The van der Waals surface area contributed by atoms with Crippen LogP contribution in [0.2, 0.25) is 0 Å². The second-order valence-corrected chi connectivity index (χ2v) is 39.2. The largest absolute Gasteiger partial charge is 0.309 e. The number of hydrogen-bond acceptors (Lipinski definition) is 0. The Morgan fingerprint density at radius 1 is 0.101 bits per heavy atom. The highest BCUT2D eigenvalue weighted by Gasteiger charge is 2.26. The number of benzene rings is 26. The third-order valence-corrected chi connectivity index (χ3v) is 31.2. The molecule has 0 saturated carbocycles. The van der Waals surface area contributed by atoms with Crippen LogP contribution < -0.4 is 0 Å². The molecule has 0 spiro atoms. The molecule has 32 aromatic rings. The van der Waals surface area contributed by atoms with Crippen molar-refractivity contribution in [2.75, 3.05) is 0 Å². The molecule has 0 aliphatic heterocycles. The Bertz CT molecular complexity index is 11000. The van der Waals surface area contributed by atoms with E-state index in [1.165, 1.54) is 279 Å². The summed E-state index contributed by atoms with van der Waals surface area (Å²) in [4.78, 5) is 0. The highest BCUT2D eigenvalue weighted by molar-refractivity contribution is 6.33. The zero-order chi connectivity index (χ0) is 97.1. The third-order valence-electron chi connectivity index (χ3n) is 31.2. The van der Waals surface area contributed by atoms with Gasteiger partial charge in [-0.1, -0.05) is 358 Å². The van der Waals surface area contributed by atoms with Crippen molar-refractivity contribution in [2.45, 2.75) is 0 Å². The highest BCUT2D eigenvalue weighted by atomic mass is 15.0. The van der Waals surface area contributed by atoms with Gasteiger partial charge in [0, 0.05) is 104 Å². The first-order valence-electron chi connectivity index (χ1n) is 51.1. The predicted octanol–water partition coefficient (Wildman–Crippen LogP) is 38.4. The monoisotopic (exact) mass is 1880 g/mol. The molecule has 32 rings (SSSR count). The van der Waals surface area contributed by atoms with Crippen LogP contribution in [0.4, 0.5) is 0 Å². The molecule has 0 saturated heterocycles. The molecule has 26 aromatic carbocycles. The highest BCUT2D eigenvalue weighted by Crippen LogP contribution is 2.49. The molecule has 0 N–H and O–H groups in total. The zero-order valence-electron chi connectivity index (χ0n) is 80.6. The molecule has 0 unspecified atom stereocenters. The number of nitrogens with zero attached hydrogens (tertiary/aromatic N) is 6. The van der Waals surface area contributed by atoms with E-state index in [0.717, 1.165) is 5.69 Å². The lowest BCUT2D eigenvalue weighted by molar-refractivity contribution is 1.18. The summed E-state index contributed by atoms with van der Waals surface area (Å²) in [6.45, 7) is 0. The van der Waals surface area contributed by atoms with E-state index in [9.17, 15) is 0 Å². The van der Waals surface area contributed by atoms with Gasteiger partial charge in [-0.15, -0.1) is 0 Å². The maximum absolute atomic E-state index is 2.46. The minimum Gasteiger partial charge on any atom is -0.309 e. The Morgan fingerprint density at radius 2 is 0.331 bits per heavy atom. The van der Waals surface area contributed by atoms with Gasteiger partial charge < -0.3 is 27.4 Å². The van der Waals surface area contributed by atoms with Crippen LogP contribution in [0.3, 0.4) is 0 Å². The number of fused-ring (bicyclic) bond motifs is 31. The number of aromatic nitrogens is 6. The van der Waals surface area contributed by atoms with Crippen molar-refractivity contribution in [3.8, 4) is 78.6 Å². The summed E-state index contributed by atoms with van der Waals surface area (Å²) in [6, 6.07) is 200. The normalized spacial score (nSPS) is 11.9. The summed E-state index contributed by atoms with van der Waals surface area (Å²) in [7, 11) is 0. The molecule has 0 atom stereocenters. The standard InChI is InChI=1S/C54H34N2.C48H30N2.C40H26N2/c1-3-13-39(14-4-1)55-51-22-12-11-21-46(51)48-32-36(24-28-52(48)55)38-26-30-54-50(34-38)49-33-37(25-29-53(49)56(54)40-15-5-2-6-16-40)35-23-27-45-43-19-8-7-17-41(43)42-18-9-10-20-44(42)47(45)31-35;1-3-15-35(16-4-1)49-44-25-23-33(28-41(44)42-27-31-13-7-8-14-32(31)30-46(42)49)34-24-26-45-43(29-34)47-39-21-11-9-19-37(39)38-20-10-12-22-40(38)48(47)50(45)36-17-5-2-6-18-36;1-2-13-30(14-3-1)41-37-18-8-6-16-32(37)34-25-28(21-23-39(34)41)29-22-24-40-35(26-29)33-17-7-9-19-38(33)42(40)36-20-10-12-27-11-4-5-15-31(27)36/h1-34H;1-30H;1-26H. The Hall–Kier alpha value is -19.7. The van der Waals surface area contributed by atoms with E-state index in [-0.39, 0.29) is 0 Å². The van der Waals surface area contributed by atoms with E-state index in [0.29, 0.717) is 0 Å². The SMILES string of the molecule is c1ccc(-n2c3ccc(-c4ccc5c(c4)c4c6ccccc6c6ccccc6c4n5-c4ccccc4)cc3c3cc4ccccc4cc32)cc1.c1ccc(-n2c3ccccc3c3cc(-c4ccc5c(c4)c4cc(-c6ccc7c8ccccc8c8ccccc8c7c6)ccc4n5-c4ccccc4)ccc32)cc1.c1ccc(-n2c3ccccc3c3cc(-c4ccc5c(c4)c4ccccc4n5-c4cccc5ccccc45)ccc32)cc1. The van der Waals surface area contributed by atoms with Crippen molar-refractivity contribution in [1.29, 1.82) is 0 Å². The minimum atomic E-state index is 1.16. The lowest BCUT2D eigenvalue weighted by Gasteiger charge is -2.12. The first kappa shape index (κ1) is 84.1. The van der Waals surface area contributed by atoms with Gasteiger partial charge in [0.25, 0.3) is 0 Å². The van der Waals surface area contributed by atoms with Crippen molar-refractivity contribution >= 4 is 206 Å². The average molecular weight is 1880 g/mol. The predicted molar refractivity (Wildman–Crippen MR) is 630 cm³/mol. The molecule has 6 heterocycles. The van der Waals surface area contributed by atoms with Gasteiger partial charge in [0.15, 0.2) is 0 Å². The van der Waals surface area contributed by atoms with Crippen molar-refractivity contribution in [3.05, 3.63) is 546 Å². The van der Waals surface area contributed by atoms with Crippen molar-refractivity contribution < 1.29 is 0 Å². The van der Waals surface area contributed by atoms with E-state index >= 15 is 0 Å². The molecule has 0 aliphatic carbocycles. The smallest absolute Gasteiger partial charge is 0.0625 e. The van der Waals surface area contributed by atoms with Crippen LogP contribution in [-0.2, 0) is 0 Å². The Balaban J connectivity index is 0.000000103. The fourth-order valence-electron chi connectivity index (χ4n) is 24.6. The van der Waals surface area contributed by atoms with Crippen molar-refractivity contribution in [3.63, 3.8) is 0 Å². The number of rotatable bonds is 10. The van der Waals surface area contributed by atoms with E-state index in [1.54, 1.807) is 0 Å². The summed E-state index contributed by atoms with van der Waals surface area (Å²) in [6.07, 6.45) is 0. The van der Waals surface area contributed by atoms with Crippen LogP contribution in [0.25, 0.3) is 285 Å². The van der Waals surface area contributed by atoms with E-state index in [2.05, 4.69) is 573 Å². The van der Waals surface area contributed by atoms with Crippen LogP contribution in [0.5, 0.6) is 0 Å². The average Bonchev–Trinajstić information content (AvgIpc) is 1.54. The minimum absolute atomic E-state index is 1.16. The number of hydrogen-bond donors (Lipinski definition) is 0. The van der Waals surface area contributed by atoms with Gasteiger partial charge >= 0.3 is 0 Å². The summed E-state index contributed by atoms with van der Waals surface area (Å²) in [5, 5.41) is 33.1. The van der Waals surface area contributed by atoms with Gasteiger partial charge in [0.1, 0.15) is 0 Å². The summed E-state index contributed by atoms with van der Waals surface area (Å²) in [5.74, 6) is 0. The number of para-hydroxylation sites is 8. The summed E-state index contributed by atoms with van der Waals surface area (Å²) in [5.41, 5.74) is 31.4. The second-order valence-electron chi connectivity index (χ2n) is 39.2. The van der Waals surface area contributed by atoms with Gasteiger partial charge in [-0.3, -0.25) is 0 Å². The maximum Gasteiger partial charge on any atom is 0.0625 e. The fraction of sp³-hybridized carbons (Fsp3) is 0. The van der Waals surface area contributed by atoms with Crippen LogP contribution >= 0.6 is 0 Å². The fourth-order valence-corrected chi connectivity index (χ4v) is 24.6. The Morgan fingerprint density at radius 3 is 0.730 bits per heavy atom. The van der Waals surface area contributed by atoms with Gasteiger partial charge in [0.05, 0.1) is 71.9 Å². The molecule has 6 nitrogen and oxygen atoms in total. The molecule has 148 heavy (non-hydrogen) atoms.